The lowest BCUT2D eigenvalue weighted by atomic mass is 10.3. The minimum Gasteiger partial charge on any atom is -0.497 e. The van der Waals surface area contributed by atoms with Crippen LogP contribution in [-0.4, -0.2) is 26.6 Å². The summed E-state index contributed by atoms with van der Waals surface area (Å²) in [6.45, 7) is 0. The fourth-order valence-corrected chi connectivity index (χ4v) is 3.44. The van der Waals surface area contributed by atoms with Crippen molar-refractivity contribution in [3.63, 3.8) is 0 Å². The number of methoxy groups -OCH3 is 1. The van der Waals surface area contributed by atoms with Crippen molar-refractivity contribution in [1.29, 1.82) is 0 Å². The number of nitrogens with zero attached hydrogens (tertiary/aromatic N) is 4. The van der Waals surface area contributed by atoms with Gasteiger partial charge in [0.2, 0.25) is 0 Å². The van der Waals surface area contributed by atoms with E-state index >= 15 is 0 Å². The second-order valence-corrected chi connectivity index (χ2v) is 6.45. The highest BCUT2D eigenvalue weighted by atomic mass is 127. The number of halogens is 1. The molecule has 0 spiro atoms. The molecule has 108 valence electrons. The summed E-state index contributed by atoms with van der Waals surface area (Å²) in [7, 11) is 3.57. The minimum atomic E-state index is 0.391. The summed E-state index contributed by atoms with van der Waals surface area (Å²) >= 11 is 3.84. The third-order valence-corrected chi connectivity index (χ3v) is 5.40. The number of fused-ring (bicyclic) bond motifs is 1. The van der Waals surface area contributed by atoms with E-state index < -0.39 is 0 Å². The zero-order valence-corrected chi connectivity index (χ0v) is 14.3. The summed E-state index contributed by atoms with van der Waals surface area (Å²) < 4.78 is 8.31. The molecule has 3 rings (SSSR count). The largest absolute Gasteiger partial charge is 0.497 e. The monoisotopic (exact) mass is 413 g/mol. The number of ether oxygens (including phenoxy) is 1. The molecule has 0 radical (unpaired) electrons. The topological polar surface area (TPSA) is 78.8 Å². The Morgan fingerprint density at radius 2 is 2.14 bits per heavy atom. The molecule has 8 heteroatoms. The number of hydrogen-bond acceptors (Lipinski definition) is 6. The Bertz CT molecular complexity index is 820. The van der Waals surface area contributed by atoms with Crippen molar-refractivity contribution < 1.29 is 4.74 Å². The molecule has 2 aromatic heterocycles. The Hall–Kier alpha value is -1.55. The first-order chi connectivity index (χ1) is 10.1. The van der Waals surface area contributed by atoms with E-state index in [1.807, 2.05) is 29.8 Å². The number of imidazole rings is 1. The van der Waals surface area contributed by atoms with E-state index in [-0.39, 0.29) is 0 Å². The van der Waals surface area contributed by atoms with Gasteiger partial charge in [-0.3, -0.25) is 0 Å². The van der Waals surface area contributed by atoms with E-state index in [2.05, 4.69) is 37.5 Å². The number of aromatic nitrogens is 4. The third kappa shape index (κ3) is 2.64. The van der Waals surface area contributed by atoms with Crippen LogP contribution in [0, 0.1) is 3.57 Å². The van der Waals surface area contributed by atoms with Gasteiger partial charge in [0, 0.05) is 15.5 Å². The van der Waals surface area contributed by atoms with Gasteiger partial charge in [0.15, 0.2) is 22.1 Å². The van der Waals surface area contributed by atoms with Gasteiger partial charge < -0.3 is 15.0 Å². The standard InChI is InChI=1S/C13H12IN5OS/c1-19-12-10(11(15)16-6-17-12)18-13(19)21-9-5-7(20-2)3-4-8(9)14/h3-6H,1-2H3,(H2,15,16,17). The number of nitrogens with two attached hydrogens (primary N) is 1. The summed E-state index contributed by atoms with van der Waals surface area (Å²) in [6, 6.07) is 5.93. The number of anilines is 1. The Kier molecular flexibility index (Phi) is 3.89. The van der Waals surface area contributed by atoms with Crippen molar-refractivity contribution in [2.45, 2.75) is 10.1 Å². The van der Waals surface area contributed by atoms with E-state index in [9.17, 15) is 0 Å². The van der Waals surface area contributed by atoms with Crippen LogP contribution in [0.15, 0.2) is 34.6 Å². The molecule has 21 heavy (non-hydrogen) atoms. The van der Waals surface area contributed by atoms with Crippen LogP contribution in [0.2, 0.25) is 0 Å². The molecule has 0 aliphatic heterocycles. The van der Waals surface area contributed by atoms with Gasteiger partial charge in [-0.25, -0.2) is 15.0 Å². The molecule has 0 bridgehead atoms. The van der Waals surface area contributed by atoms with Gasteiger partial charge in [-0.2, -0.15) is 0 Å². The summed E-state index contributed by atoms with van der Waals surface area (Å²) in [5.41, 5.74) is 7.20. The number of hydrogen-bond donors (Lipinski definition) is 1. The molecule has 2 heterocycles. The first kappa shape index (κ1) is 14.4. The molecule has 0 unspecified atom stereocenters. The van der Waals surface area contributed by atoms with Crippen molar-refractivity contribution in [2.24, 2.45) is 7.05 Å². The average Bonchev–Trinajstić information content (AvgIpc) is 2.80. The second-order valence-electron chi connectivity index (χ2n) is 4.28. The molecule has 1 aromatic carbocycles. The van der Waals surface area contributed by atoms with Crippen molar-refractivity contribution in [1.82, 2.24) is 19.5 Å². The van der Waals surface area contributed by atoms with Crippen LogP contribution in [0.1, 0.15) is 0 Å². The molecule has 6 nitrogen and oxygen atoms in total. The van der Waals surface area contributed by atoms with Crippen LogP contribution >= 0.6 is 34.4 Å². The molecule has 3 aromatic rings. The first-order valence-electron chi connectivity index (χ1n) is 6.04. The van der Waals surface area contributed by atoms with Crippen LogP contribution in [0.4, 0.5) is 5.82 Å². The Morgan fingerprint density at radius 3 is 2.86 bits per heavy atom. The smallest absolute Gasteiger partial charge is 0.175 e. The fourth-order valence-electron chi connectivity index (χ4n) is 1.88. The molecule has 0 fully saturated rings. The van der Waals surface area contributed by atoms with Crippen molar-refractivity contribution in [3.8, 4) is 5.75 Å². The van der Waals surface area contributed by atoms with E-state index in [4.69, 9.17) is 10.5 Å². The number of nitrogen functional groups attached to an aromatic ring is 1. The summed E-state index contributed by atoms with van der Waals surface area (Å²) in [6.07, 6.45) is 1.45. The van der Waals surface area contributed by atoms with Crippen molar-refractivity contribution in [3.05, 3.63) is 28.1 Å². The fraction of sp³-hybridized carbons (Fsp3) is 0.154. The highest BCUT2D eigenvalue weighted by molar-refractivity contribution is 14.1. The highest BCUT2D eigenvalue weighted by Gasteiger charge is 2.14. The molecule has 0 aliphatic rings. The molecular weight excluding hydrogens is 401 g/mol. The summed E-state index contributed by atoms with van der Waals surface area (Å²) in [5, 5.41) is 0.809. The summed E-state index contributed by atoms with van der Waals surface area (Å²) in [4.78, 5) is 13.8. The Labute approximate surface area is 139 Å². The van der Waals surface area contributed by atoms with Gasteiger partial charge in [-0.1, -0.05) is 11.8 Å². The number of aryl methyl sites for hydroxylation is 1. The van der Waals surface area contributed by atoms with Gasteiger partial charge >= 0.3 is 0 Å². The first-order valence-corrected chi connectivity index (χ1v) is 7.94. The summed E-state index contributed by atoms with van der Waals surface area (Å²) in [5.74, 6) is 1.21. The molecule has 0 saturated carbocycles. The molecular formula is C13H12IN5OS. The SMILES string of the molecule is COc1ccc(I)c(Sc2nc3c(N)ncnc3n2C)c1. The van der Waals surface area contributed by atoms with Crippen LogP contribution in [0.3, 0.4) is 0 Å². The zero-order valence-electron chi connectivity index (χ0n) is 11.4. The quantitative estimate of drug-likeness (QED) is 0.666. The van der Waals surface area contributed by atoms with Gasteiger partial charge in [0.1, 0.15) is 12.1 Å². The normalized spacial score (nSPS) is 11.0. The van der Waals surface area contributed by atoms with Crippen LogP contribution in [0.5, 0.6) is 5.75 Å². The highest BCUT2D eigenvalue weighted by Crippen LogP contribution is 2.34. The van der Waals surface area contributed by atoms with Gasteiger partial charge in [-0.15, -0.1) is 0 Å². The van der Waals surface area contributed by atoms with Crippen molar-refractivity contribution >= 4 is 51.3 Å². The van der Waals surface area contributed by atoms with Gasteiger partial charge in [-0.05, 0) is 40.8 Å². The molecule has 0 aliphatic carbocycles. The second kappa shape index (κ2) is 5.68. The van der Waals surface area contributed by atoms with Crippen LogP contribution in [-0.2, 0) is 7.05 Å². The van der Waals surface area contributed by atoms with E-state index in [0.29, 0.717) is 11.3 Å². The zero-order chi connectivity index (χ0) is 15.0. The Balaban J connectivity index is 2.06. The lowest BCUT2D eigenvalue weighted by molar-refractivity contribution is 0.413. The van der Waals surface area contributed by atoms with Gasteiger partial charge in [0.05, 0.1) is 7.11 Å². The van der Waals surface area contributed by atoms with Crippen molar-refractivity contribution in [2.75, 3.05) is 12.8 Å². The lowest BCUT2D eigenvalue weighted by Crippen LogP contribution is -1.95. The third-order valence-electron chi connectivity index (χ3n) is 2.98. The maximum Gasteiger partial charge on any atom is 0.175 e. The van der Waals surface area contributed by atoms with Crippen LogP contribution < -0.4 is 10.5 Å². The molecule has 0 atom stereocenters. The van der Waals surface area contributed by atoms with Crippen LogP contribution in [0.25, 0.3) is 11.2 Å². The van der Waals surface area contributed by atoms with E-state index in [1.54, 1.807) is 18.9 Å². The average molecular weight is 413 g/mol. The molecule has 0 amide bonds. The predicted octanol–water partition coefficient (Wildman–Crippen LogP) is 2.71. The van der Waals surface area contributed by atoms with Gasteiger partial charge in [0.25, 0.3) is 0 Å². The van der Waals surface area contributed by atoms with E-state index in [0.717, 1.165) is 25.0 Å². The maximum absolute atomic E-state index is 5.85. The lowest BCUT2D eigenvalue weighted by Gasteiger charge is -2.06. The minimum absolute atomic E-state index is 0.391. The number of benzene rings is 1. The Morgan fingerprint density at radius 1 is 1.33 bits per heavy atom. The maximum atomic E-state index is 5.85. The van der Waals surface area contributed by atoms with E-state index in [1.165, 1.54) is 6.33 Å². The predicted molar refractivity (Wildman–Crippen MR) is 90.6 cm³/mol. The molecule has 2 N–H and O–H groups in total. The number of rotatable bonds is 3. The molecule has 0 saturated heterocycles.